The van der Waals surface area contributed by atoms with Gasteiger partial charge in [-0.2, -0.15) is 0 Å². The van der Waals surface area contributed by atoms with Crippen molar-refractivity contribution in [1.29, 1.82) is 0 Å². The second kappa shape index (κ2) is 11.9. The second-order valence-electron chi connectivity index (χ2n) is 6.80. The molecule has 1 fully saturated rings. The molecule has 1 aliphatic rings. The Hall–Kier alpha value is -1.75. The van der Waals surface area contributed by atoms with E-state index in [1.165, 1.54) is 5.56 Å². The first-order valence-corrected chi connectivity index (χ1v) is 9.10. The van der Waals surface area contributed by atoms with Crippen molar-refractivity contribution in [3.05, 3.63) is 65.7 Å². The molecule has 0 radical (unpaired) electrons. The Morgan fingerprint density at radius 1 is 1.00 bits per heavy atom. The van der Waals surface area contributed by atoms with Crippen LogP contribution in [-0.2, 0) is 17.8 Å². The number of rotatable bonds is 6. The number of carbonyl (C=O) groups excluding carboxylic acids is 1. The molecule has 3 rings (SSSR count). The highest BCUT2D eigenvalue weighted by Gasteiger charge is 2.20. The lowest BCUT2D eigenvalue weighted by molar-refractivity contribution is -0.122. The topological polar surface area (TPSA) is 58.4 Å². The molecule has 0 unspecified atom stereocenters. The van der Waals surface area contributed by atoms with Gasteiger partial charge in [-0.15, -0.1) is 24.8 Å². The minimum atomic E-state index is 0. The van der Waals surface area contributed by atoms with E-state index in [0.29, 0.717) is 18.9 Å². The van der Waals surface area contributed by atoms with Crippen LogP contribution in [-0.4, -0.2) is 29.9 Å². The van der Waals surface area contributed by atoms with Gasteiger partial charge in [-0.3, -0.25) is 9.69 Å². The van der Waals surface area contributed by atoms with Crippen LogP contribution in [0.5, 0.6) is 0 Å². The van der Waals surface area contributed by atoms with E-state index in [1.807, 2.05) is 30.3 Å². The molecular weight excluding hydrogens is 381 g/mol. The zero-order valence-corrected chi connectivity index (χ0v) is 17.1. The minimum Gasteiger partial charge on any atom is -0.399 e. The van der Waals surface area contributed by atoms with Gasteiger partial charge >= 0.3 is 0 Å². The van der Waals surface area contributed by atoms with Gasteiger partial charge in [-0.25, -0.2) is 0 Å². The number of likely N-dealkylation sites (tertiary alicyclic amines) is 1. The molecule has 1 saturated heterocycles. The van der Waals surface area contributed by atoms with Gasteiger partial charge in [0.1, 0.15) is 0 Å². The molecule has 1 aliphatic heterocycles. The standard InChI is InChI=1S/C21H27N3O.2ClH/c22-20-9-5-4-8-18(20)10-11-21(25)23-19-12-14-24(15-13-19)16-17-6-2-1-3-7-17;;/h1-9,19H,10-16,22H2,(H,23,25);2*1H. The monoisotopic (exact) mass is 409 g/mol. The Morgan fingerprint density at radius 2 is 1.63 bits per heavy atom. The molecule has 0 atom stereocenters. The molecule has 2 aromatic rings. The van der Waals surface area contributed by atoms with Gasteiger partial charge in [-0.1, -0.05) is 48.5 Å². The fourth-order valence-electron chi connectivity index (χ4n) is 3.39. The fraction of sp³-hybridized carbons (Fsp3) is 0.381. The summed E-state index contributed by atoms with van der Waals surface area (Å²) in [6, 6.07) is 18.6. The van der Waals surface area contributed by atoms with Gasteiger partial charge in [0, 0.05) is 37.8 Å². The Labute approximate surface area is 174 Å². The van der Waals surface area contributed by atoms with Gasteiger partial charge in [0.05, 0.1) is 0 Å². The third kappa shape index (κ3) is 7.41. The van der Waals surface area contributed by atoms with Crippen molar-refractivity contribution >= 4 is 36.4 Å². The maximum atomic E-state index is 12.2. The average Bonchev–Trinajstić information content (AvgIpc) is 2.64. The molecule has 0 spiro atoms. The zero-order chi connectivity index (χ0) is 17.5. The van der Waals surface area contributed by atoms with Crippen molar-refractivity contribution in [2.45, 2.75) is 38.3 Å². The fourth-order valence-corrected chi connectivity index (χ4v) is 3.39. The number of carbonyl (C=O) groups is 1. The first kappa shape index (κ1) is 23.3. The third-order valence-corrected chi connectivity index (χ3v) is 4.88. The predicted molar refractivity (Wildman–Crippen MR) is 117 cm³/mol. The summed E-state index contributed by atoms with van der Waals surface area (Å²) in [4.78, 5) is 14.7. The van der Waals surface area contributed by atoms with Crippen LogP contribution in [0.4, 0.5) is 5.69 Å². The highest BCUT2D eigenvalue weighted by Crippen LogP contribution is 2.15. The molecule has 1 heterocycles. The molecule has 27 heavy (non-hydrogen) atoms. The normalized spacial score (nSPS) is 14.7. The number of piperidine rings is 1. The third-order valence-electron chi connectivity index (χ3n) is 4.88. The molecule has 2 aromatic carbocycles. The second-order valence-corrected chi connectivity index (χ2v) is 6.80. The number of anilines is 1. The summed E-state index contributed by atoms with van der Waals surface area (Å²) in [5.41, 5.74) is 9.10. The SMILES string of the molecule is Cl.Cl.Nc1ccccc1CCC(=O)NC1CCN(Cc2ccccc2)CC1. The Bertz CT molecular complexity index is 689. The Morgan fingerprint density at radius 3 is 2.30 bits per heavy atom. The number of benzene rings is 2. The summed E-state index contributed by atoms with van der Waals surface area (Å²) < 4.78 is 0. The molecule has 0 aliphatic carbocycles. The molecule has 0 bridgehead atoms. The van der Waals surface area contributed by atoms with Crippen LogP contribution in [0.2, 0.25) is 0 Å². The summed E-state index contributed by atoms with van der Waals surface area (Å²) >= 11 is 0. The Kier molecular flexibility index (Phi) is 10.2. The molecule has 0 aromatic heterocycles. The number of nitrogen functional groups attached to an aromatic ring is 1. The van der Waals surface area contributed by atoms with Gasteiger partial charge in [-0.05, 0) is 36.5 Å². The van der Waals surface area contributed by atoms with E-state index in [0.717, 1.165) is 43.7 Å². The predicted octanol–water partition coefficient (Wildman–Crippen LogP) is 3.83. The number of amides is 1. The first-order valence-electron chi connectivity index (χ1n) is 9.10. The molecular formula is C21H29Cl2N3O. The molecule has 0 saturated carbocycles. The summed E-state index contributed by atoms with van der Waals surface area (Å²) in [5.74, 6) is 0.129. The molecule has 148 valence electrons. The number of halogens is 2. The van der Waals surface area contributed by atoms with E-state index < -0.39 is 0 Å². The van der Waals surface area contributed by atoms with Crippen molar-refractivity contribution < 1.29 is 4.79 Å². The highest BCUT2D eigenvalue weighted by atomic mass is 35.5. The quantitative estimate of drug-likeness (QED) is 0.712. The molecule has 3 N–H and O–H groups in total. The average molecular weight is 410 g/mol. The van der Waals surface area contributed by atoms with E-state index >= 15 is 0 Å². The van der Waals surface area contributed by atoms with Crippen LogP contribution in [0.1, 0.15) is 30.4 Å². The van der Waals surface area contributed by atoms with Crippen molar-refractivity contribution in [3.8, 4) is 0 Å². The lowest BCUT2D eigenvalue weighted by atomic mass is 10.0. The number of nitrogens with one attached hydrogen (secondary N) is 1. The van der Waals surface area contributed by atoms with Crippen LogP contribution < -0.4 is 11.1 Å². The lowest BCUT2D eigenvalue weighted by Crippen LogP contribution is -2.44. The maximum Gasteiger partial charge on any atom is 0.220 e. The van der Waals surface area contributed by atoms with Crippen LogP contribution in [0.3, 0.4) is 0 Å². The van der Waals surface area contributed by atoms with Crippen molar-refractivity contribution in [1.82, 2.24) is 10.2 Å². The number of nitrogens with zero attached hydrogens (tertiary/aromatic N) is 1. The first-order chi connectivity index (χ1) is 12.2. The summed E-state index contributed by atoms with van der Waals surface area (Å²) in [7, 11) is 0. The van der Waals surface area contributed by atoms with E-state index in [9.17, 15) is 4.79 Å². The van der Waals surface area contributed by atoms with Gasteiger partial charge < -0.3 is 11.1 Å². The molecule has 6 heteroatoms. The van der Waals surface area contributed by atoms with E-state index in [-0.39, 0.29) is 30.7 Å². The van der Waals surface area contributed by atoms with Crippen LogP contribution >= 0.6 is 24.8 Å². The van der Waals surface area contributed by atoms with E-state index in [2.05, 4.69) is 34.5 Å². The van der Waals surface area contributed by atoms with Crippen LogP contribution in [0.15, 0.2) is 54.6 Å². The van der Waals surface area contributed by atoms with Crippen LogP contribution in [0.25, 0.3) is 0 Å². The number of aryl methyl sites for hydroxylation is 1. The minimum absolute atomic E-state index is 0. The van der Waals surface area contributed by atoms with Gasteiger partial charge in [0.2, 0.25) is 5.91 Å². The molecule has 4 nitrogen and oxygen atoms in total. The van der Waals surface area contributed by atoms with Crippen molar-refractivity contribution in [2.24, 2.45) is 0 Å². The molecule has 1 amide bonds. The number of hydrogen-bond donors (Lipinski definition) is 2. The summed E-state index contributed by atoms with van der Waals surface area (Å²) in [6.07, 6.45) is 3.24. The summed E-state index contributed by atoms with van der Waals surface area (Å²) in [6.45, 7) is 3.06. The van der Waals surface area contributed by atoms with Crippen molar-refractivity contribution in [3.63, 3.8) is 0 Å². The zero-order valence-electron chi connectivity index (χ0n) is 15.5. The lowest BCUT2D eigenvalue weighted by Gasteiger charge is -2.32. The van der Waals surface area contributed by atoms with Gasteiger partial charge in [0.25, 0.3) is 0 Å². The summed E-state index contributed by atoms with van der Waals surface area (Å²) in [5, 5.41) is 3.19. The van der Waals surface area contributed by atoms with E-state index in [4.69, 9.17) is 5.73 Å². The maximum absolute atomic E-state index is 12.2. The number of hydrogen-bond acceptors (Lipinski definition) is 3. The number of para-hydroxylation sites is 1. The van der Waals surface area contributed by atoms with Crippen LogP contribution in [0, 0.1) is 0 Å². The van der Waals surface area contributed by atoms with Gasteiger partial charge in [0.15, 0.2) is 0 Å². The van der Waals surface area contributed by atoms with E-state index in [1.54, 1.807) is 0 Å². The Balaban J connectivity index is 0.00000182. The largest absolute Gasteiger partial charge is 0.399 e. The van der Waals surface area contributed by atoms with Crippen molar-refractivity contribution in [2.75, 3.05) is 18.8 Å². The highest BCUT2D eigenvalue weighted by molar-refractivity contribution is 5.85. The smallest absolute Gasteiger partial charge is 0.220 e. The number of nitrogens with two attached hydrogens (primary N) is 1.